The Morgan fingerprint density at radius 1 is 1.14 bits per heavy atom. The van der Waals surface area contributed by atoms with Crippen molar-refractivity contribution in [2.75, 3.05) is 23.8 Å². The Morgan fingerprint density at radius 3 is 2.77 bits per heavy atom. The third kappa shape index (κ3) is 5.28. The van der Waals surface area contributed by atoms with Crippen LogP contribution >= 0.6 is 11.6 Å². The lowest BCUT2D eigenvalue weighted by Crippen LogP contribution is -2.44. The second-order valence-corrected chi connectivity index (χ2v) is 10.1. The molecule has 1 aliphatic heterocycles. The van der Waals surface area contributed by atoms with Crippen LogP contribution in [0.4, 0.5) is 16.3 Å². The first-order valence-corrected chi connectivity index (χ1v) is 13.4. The molecule has 3 heterocycles. The summed E-state index contributed by atoms with van der Waals surface area (Å²) in [6, 6.07) is 16.4. The third-order valence-corrected chi connectivity index (χ3v) is 7.41. The van der Waals surface area contributed by atoms with Crippen LogP contribution < -0.4 is 10.2 Å². The summed E-state index contributed by atoms with van der Waals surface area (Å²) in [5.74, 6) is -0.789. The number of halogens is 1. The molecule has 13 nitrogen and oxygen atoms in total. The highest BCUT2D eigenvalue weighted by Crippen LogP contribution is 2.34. The smallest absolute Gasteiger partial charge is 0.411 e. The summed E-state index contributed by atoms with van der Waals surface area (Å²) in [5.41, 5.74) is 3.31. The number of nitrogens with one attached hydrogen (secondary N) is 1. The second kappa shape index (κ2) is 11.4. The Kier molecular flexibility index (Phi) is 7.30. The number of carbonyl (C=O) groups excluding carboxylic acids is 2. The van der Waals surface area contributed by atoms with Gasteiger partial charge < -0.3 is 19.8 Å². The zero-order valence-electron chi connectivity index (χ0n) is 22.6. The fourth-order valence-corrected chi connectivity index (χ4v) is 5.25. The van der Waals surface area contributed by atoms with Crippen LogP contribution in [-0.2, 0) is 16.0 Å². The highest BCUT2D eigenvalue weighted by Gasteiger charge is 2.36. The molecule has 0 saturated carbocycles. The molecule has 2 aromatic heterocycles. The predicted octanol–water partition coefficient (Wildman–Crippen LogP) is 4.35. The number of carbonyl (C=O) groups is 3. The van der Waals surface area contributed by atoms with Crippen LogP contribution in [0, 0.1) is 0 Å². The Morgan fingerprint density at radius 2 is 1.98 bits per heavy atom. The van der Waals surface area contributed by atoms with Crippen molar-refractivity contribution >= 4 is 58.1 Å². The maximum Gasteiger partial charge on any atom is 0.411 e. The summed E-state index contributed by atoms with van der Waals surface area (Å²) in [6.07, 6.45) is 3.79. The summed E-state index contributed by atoms with van der Waals surface area (Å²) < 4.78 is 6.89. The zero-order chi connectivity index (χ0) is 30.1. The molecule has 3 amide bonds. The van der Waals surface area contributed by atoms with E-state index in [1.165, 1.54) is 29.0 Å². The minimum atomic E-state index is -1.18. The summed E-state index contributed by atoms with van der Waals surface area (Å²) >= 11 is 6.23. The molecule has 0 bridgehead atoms. The zero-order valence-corrected chi connectivity index (χ0v) is 23.3. The maximum atomic E-state index is 13.9. The number of tetrazole rings is 1. The van der Waals surface area contributed by atoms with Crippen LogP contribution in [0.25, 0.3) is 22.7 Å². The van der Waals surface area contributed by atoms with Crippen LogP contribution in [0.5, 0.6) is 0 Å². The standard InChI is InChI=1S/C29H23ClN8O5/c1-36(29(41)42)23-8-4-7-21-26(23)43-33-27(21)32-28(40)25-20-6-3-2-5-17(20)13-14-37(25)24(39)12-9-18-15-19(30)10-11-22(18)38-16-31-34-35-38/h2-12,15-16,25H,13-14H2,1H3,(H,41,42)(H,32,33,40)/b12-9+/t25-/m0/s1. The first-order valence-electron chi connectivity index (χ1n) is 13.1. The highest BCUT2D eigenvalue weighted by molar-refractivity contribution is 6.30. The number of rotatable bonds is 6. The fraction of sp³-hybridized carbons (Fsp3) is 0.138. The van der Waals surface area contributed by atoms with Gasteiger partial charge in [-0.05, 0) is 64.4 Å². The summed E-state index contributed by atoms with van der Waals surface area (Å²) in [4.78, 5) is 41.6. The SMILES string of the molecule is CN(C(=O)O)c1cccc2c(NC(=O)[C@@H]3c4ccccc4CCN3C(=O)/C=C/c3cc(Cl)ccc3-n3cnnn3)noc12. The molecule has 0 spiro atoms. The van der Waals surface area contributed by atoms with Gasteiger partial charge in [-0.3, -0.25) is 14.5 Å². The topological polar surface area (TPSA) is 160 Å². The van der Waals surface area contributed by atoms with Gasteiger partial charge in [0, 0.05) is 30.3 Å². The number of hydrogen-bond acceptors (Lipinski definition) is 8. The van der Waals surface area contributed by atoms with Crippen molar-refractivity contribution < 1.29 is 24.0 Å². The third-order valence-electron chi connectivity index (χ3n) is 7.17. The largest absolute Gasteiger partial charge is 0.465 e. The molecule has 1 aliphatic rings. The molecule has 1 atom stereocenters. The van der Waals surface area contributed by atoms with E-state index >= 15 is 0 Å². The van der Waals surface area contributed by atoms with Crippen molar-refractivity contribution in [2.45, 2.75) is 12.5 Å². The van der Waals surface area contributed by atoms with E-state index in [0.717, 1.165) is 10.5 Å². The van der Waals surface area contributed by atoms with Crippen molar-refractivity contribution in [2.24, 2.45) is 0 Å². The summed E-state index contributed by atoms with van der Waals surface area (Å²) in [7, 11) is 1.38. The van der Waals surface area contributed by atoms with E-state index in [0.29, 0.717) is 40.2 Å². The Hall–Kier alpha value is -5.56. The van der Waals surface area contributed by atoms with E-state index in [9.17, 15) is 19.5 Å². The van der Waals surface area contributed by atoms with Gasteiger partial charge in [0.2, 0.25) is 5.91 Å². The van der Waals surface area contributed by atoms with Crippen LogP contribution in [0.1, 0.15) is 22.7 Å². The van der Waals surface area contributed by atoms with E-state index in [-0.39, 0.29) is 17.1 Å². The molecule has 0 saturated heterocycles. The molecule has 3 aromatic carbocycles. The molecular formula is C29H23ClN8O5. The van der Waals surface area contributed by atoms with Crippen LogP contribution in [-0.4, -0.2) is 66.9 Å². The minimum absolute atomic E-state index is 0.108. The molecule has 6 rings (SSSR count). The van der Waals surface area contributed by atoms with E-state index in [1.807, 2.05) is 24.3 Å². The van der Waals surface area contributed by atoms with Crippen LogP contribution in [0.15, 0.2) is 77.6 Å². The molecule has 2 N–H and O–H groups in total. The summed E-state index contributed by atoms with van der Waals surface area (Å²) in [6.45, 7) is 0.292. The first-order chi connectivity index (χ1) is 20.8. The number of fused-ring (bicyclic) bond motifs is 2. The van der Waals surface area contributed by atoms with Gasteiger partial charge >= 0.3 is 6.09 Å². The second-order valence-electron chi connectivity index (χ2n) is 9.69. The van der Waals surface area contributed by atoms with Gasteiger partial charge in [-0.15, -0.1) is 5.10 Å². The van der Waals surface area contributed by atoms with E-state index in [1.54, 1.807) is 42.5 Å². The molecule has 0 fully saturated rings. The number of carboxylic acid groups (broad SMARTS) is 1. The minimum Gasteiger partial charge on any atom is -0.465 e. The highest BCUT2D eigenvalue weighted by atomic mass is 35.5. The van der Waals surface area contributed by atoms with Crippen molar-refractivity contribution in [3.8, 4) is 5.69 Å². The van der Waals surface area contributed by atoms with Gasteiger partial charge in [0.1, 0.15) is 12.4 Å². The number of para-hydroxylation sites is 1. The predicted molar refractivity (Wildman–Crippen MR) is 157 cm³/mol. The number of nitrogens with zero attached hydrogens (tertiary/aromatic N) is 7. The van der Waals surface area contributed by atoms with Crippen LogP contribution in [0.2, 0.25) is 5.02 Å². The normalized spacial score (nSPS) is 14.6. The van der Waals surface area contributed by atoms with Crippen molar-refractivity contribution in [1.82, 2.24) is 30.3 Å². The average Bonchev–Trinajstić information content (AvgIpc) is 3.69. The fourth-order valence-electron chi connectivity index (χ4n) is 5.07. The van der Waals surface area contributed by atoms with E-state index in [2.05, 4.69) is 26.0 Å². The van der Waals surface area contributed by atoms with E-state index in [4.69, 9.17) is 16.1 Å². The molecule has 43 heavy (non-hydrogen) atoms. The lowest BCUT2D eigenvalue weighted by molar-refractivity contribution is -0.135. The molecule has 5 aromatic rings. The van der Waals surface area contributed by atoms with Gasteiger partial charge in [0.25, 0.3) is 5.91 Å². The first kappa shape index (κ1) is 27.6. The maximum absolute atomic E-state index is 13.9. The van der Waals surface area contributed by atoms with Gasteiger partial charge in [-0.2, -0.15) is 4.68 Å². The number of aromatic nitrogens is 5. The number of anilines is 2. The van der Waals surface area contributed by atoms with Gasteiger partial charge in [0.05, 0.1) is 16.8 Å². The van der Waals surface area contributed by atoms with Crippen molar-refractivity contribution in [3.05, 3.63) is 94.8 Å². The van der Waals surface area contributed by atoms with Gasteiger partial charge in [-0.1, -0.05) is 47.1 Å². The Balaban J connectivity index is 1.32. The lowest BCUT2D eigenvalue weighted by Gasteiger charge is -2.35. The molecule has 0 radical (unpaired) electrons. The monoisotopic (exact) mass is 598 g/mol. The summed E-state index contributed by atoms with van der Waals surface area (Å²) in [5, 5.41) is 28.3. The van der Waals surface area contributed by atoms with E-state index < -0.39 is 23.9 Å². The number of amides is 3. The molecule has 0 aliphatic carbocycles. The quantitative estimate of drug-likeness (QED) is 0.271. The Labute approximate surface area is 248 Å². The average molecular weight is 599 g/mol. The number of benzene rings is 3. The van der Waals surface area contributed by atoms with Crippen molar-refractivity contribution in [3.63, 3.8) is 0 Å². The van der Waals surface area contributed by atoms with Crippen molar-refractivity contribution in [1.29, 1.82) is 0 Å². The lowest BCUT2D eigenvalue weighted by atomic mass is 9.91. The van der Waals surface area contributed by atoms with Gasteiger partial charge in [-0.25, -0.2) is 4.79 Å². The molecular weight excluding hydrogens is 576 g/mol. The van der Waals surface area contributed by atoms with Crippen LogP contribution in [0.3, 0.4) is 0 Å². The van der Waals surface area contributed by atoms with Gasteiger partial charge in [0.15, 0.2) is 11.4 Å². The molecule has 216 valence electrons. The Bertz CT molecular complexity index is 1890. The molecule has 0 unspecified atom stereocenters. The number of hydrogen-bond donors (Lipinski definition) is 2. The molecule has 14 heteroatoms.